The standard InChI is InChI=1S/C14H10N2O4S/c1-7(17)15-14-16-11(6-21-14)10-5-8-4-9(18)2-3-12(8)20-13(10)19/h2-6,18H,1H3,(H,15,16,17). The molecule has 0 saturated heterocycles. The highest BCUT2D eigenvalue weighted by atomic mass is 32.1. The monoisotopic (exact) mass is 302 g/mol. The van der Waals surface area contributed by atoms with Crippen molar-refractivity contribution >= 4 is 33.3 Å². The lowest BCUT2D eigenvalue weighted by Crippen LogP contribution is -2.06. The molecule has 2 aromatic heterocycles. The number of aromatic nitrogens is 1. The van der Waals surface area contributed by atoms with E-state index in [0.717, 1.165) is 0 Å². The average Bonchev–Trinajstić information content (AvgIpc) is 2.86. The fraction of sp³-hybridized carbons (Fsp3) is 0.0714. The van der Waals surface area contributed by atoms with Gasteiger partial charge in [0.1, 0.15) is 11.3 Å². The molecule has 3 rings (SSSR count). The molecule has 0 radical (unpaired) electrons. The van der Waals surface area contributed by atoms with Gasteiger partial charge in [0.25, 0.3) is 0 Å². The first-order valence-electron chi connectivity index (χ1n) is 6.03. The topological polar surface area (TPSA) is 92.4 Å². The largest absolute Gasteiger partial charge is 0.508 e. The number of hydrogen-bond acceptors (Lipinski definition) is 6. The van der Waals surface area contributed by atoms with Crippen molar-refractivity contribution in [2.75, 3.05) is 5.32 Å². The number of nitrogens with one attached hydrogen (secondary N) is 1. The quantitative estimate of drug-likeness (QED) is 0.710. The number of thiazole rings is 1. The van der Waals surface area contributed by atoms with E-state index in [9.17, 15) is 14.7 Å². The van der Waals surface area contributed by atoms with E-state index in [1.54, 1.807) is 11.4 Å². The Kier molecular flexibility index (Phi) is 3.19. The van der Waals surface area contributed by atoms with Gasteiger partial charge in [-0.1, -0.05) is 0 Å². The molecule has 0 aliphatic rings. The summed E-state index contributed by atoms with van der Waals surface area (Å²) in [5, 5.41) is 14.7. The molecule has 2 N–H and O–H groups in total. The molecule has 7 heteroatoms. The molecule has 6 nitrogen and oxygen atoms in total. The third-order valence-corrected chi connectivity index (χ3v) is 3.54. The van der Waals surface area contributed by atoms with Crippen molar-refractivity contribution in [2.45, 2.75) is 6.92 Å². The molecule has 0 aliphatic carbocycles. The highest BCUT2D eigenvalue weighted by Gasteiger charge is 2.12. The molecule has 0 saturated carbocycles. The van der Waals surface area contributed by atoms with Crippen LogP contribution in [-0.4, -0.2) is 16.0 Å². The number of nitrogens with zero attached hydrogens (tertiary/aromatic N) is 1. The summed E-state index contributed by atoms with van der Waals surface area (Å²) in [5.41, 5.74) is 0.565. The van der Waals surface area contributed by atoms with Gasteiger partial charge < -0.3 is 14.8 Å². The van der Waals surface area contributed by atoms with Crippen molar-refractivity contribution in [3.05, 3.63) is 40.1 Å². The molecular weight excluding hydrogens is 292 g/mol. The van der Waals surface area contributed by atoms with Crippen LogP contribution in [0.2, 0.25) is 0 Å². The number of hydrogen-bond donors (Lipinski definition) is 2. The summed E-state index contributed by atoms with van der Waals surface area (Å²) in [6.45, 7) is 1.38. The van der Waals surface area contributed by atoms with Gasteiger partial charge in [-0.05, 0) is 24.3 Å². The Morgan fingerprint density at radius 2 is 2.19 bits per heavy atom. The maximum absolute atomic E-state index is 12.0. The zero-order valence-electron chi connectivity index (χ0n) is 10.9. The average molecular weight is 302 g/mol. The Morgan fingerprint density at radius 1 is 1.38 bits per heavy atom. The van der Waals surface area contributed by atoms with Gasteiger partial charge in [0.15, 0.2) is 5.13 Å². The van der Waals surface area contributed by atoms with E-state index < -0.39 is 5.63 Å². The molecule has 0 bridgehead atoms. The minimum Gasteiger partial charge on any atom is -0.508 e. The zero-order chi connectivity index (χ0) is 15.0. The molecule has 21 heavy (non-hydrogen) atoms. The third kappa shape index (κ3) is 2.63. The van der Waals surface area contributed by atoms with Crippen LogP contribution >= 0.6 is 11.3 Å². The van der Waals surface area contributed by atoms with Crippen LogP contribution in [0.25, 0.3) is 22.2 Å². The summed E-state index contributed by atoms with van der Waals surface area (Å²) >= 11 is 1.22. The van der Waals surface area contributed by atoms with Gasteiger partial charge in [0.05, 0.1) is 11.3 Å². The predicted octanol–water partition coefficient (Wildman–Crippen LogP) is 2.58. The second kappa shape index (κ2) is 5.02. The van der Waals surface area contributed by atoms with Crippen LogP contribution in [0.4, 0.5) is 5.13 Å². The Morgan fingerprint density at radius 3 is 2.95 bits per heavy atom. The summed E-state index contributed by atoms with van der Waals surface area (Å²) in [6, 6.07) is 6.08. The molecule has 0 fully saturated rings. The minimum atomic E-state index is -0.520. The second-order valence-electron chi connectivity index (χ2n) is 4.39. The van der Waals surface area contributed by atoms with Gasteiger partial charge in [-0.3, -0.25) is 4.79 Å². The normalized spacial score (nSPS) is 10.7. The highest BCUT2D eigenvalue weighted by Crippen LogP contribution is 2.26. The molecule has 0 aliphatic heterocycles. The minimum absolute atomic E-state index is 0.0829. The van der Waals surface area contributed by atoms with Gasteiger partial charge in [-0.2, -0.15) is 0 Å². The molecular formula is C14H10N2O4S. The lowest BCUT2D eigenvalue weighted by atomic mass is 10.1. The summed E-state index contributed by atoms with van der Waals surface area (Å²) in [5.74, 6) is -0.147. The lowest BCUT2D eigenvalue weighted by molar-refractivity contribution is -0.114. The summed E-state index contributed by atoms with van der Waals surface area (Å²) < 4.78 is 5.20. The maximum atomic E-state index is 12.0. The van der Waals surface area contributed by atoms with Crippen molar-refractivity contribution in [2.24, 2.45) is 0 Å². The number of anilines is 1. The van der Waals surface area contributed by atoms with Gasteiger partial charge in [0.2, 0.25) is 5.91 Å². The number of phenolic OH excluding ortho intramolecular Hbond substituents is 1. The number of carbonyl (C=O) groups is 1. The molecule has 2 heterocycles. The van der Waals surface area contributed by atoms with E-state index in [2.05, 4.69) is 10.3 Å². The van der Waals surface area contributed by atoms with E-state index in [0.29, 0.717) is 21.8 Å². The Bertz CT molecular complexity index is 897. The van der Waals surface area contributed by atoms with Crippen LogP contribution in [0.1, 0.15) is 6.92 Å². The van der Waals surface area contributed by atoms with Crippen molar-refractivity contribution in [1.29, 1.82) is 0 Å². The van der Waals surface area contributed by atoms with Crippen LogP contribution in [0.3, 0.4) is 0 Å². The smallest absolute Gasteiger partial charge is 0.345 e. The van der Waals surface area contributed by atoms with E-state index in [4.69, 9.17) is 4.42 Å². The molecule has 0 atom stereocenters. The van der Waals surface area contributed by atoms with Crippen molar-refractivity contribution in [3.63, 3.8) is 0 Å². The van der Waals surface area contributed by atoms with Crippen LogP contribution < -0.4 is 10.9 Å². The van der Waals surface area contributed by atoms with Gasteiger partial charge in [-0.25, -0.2) is 9.78 Å². The number of rotatable bonds is 2. The molecule has 106 valence electrons. The lowest BCUT2D eigenvalue weighted by Gasteiger charge is -2.00. The Hall–Kier alpha value is -2.67. The molecule has 0 spiro atoms. The van der Waals surface area contributed by atoms with Gasteiger partial charge in [0, 0.05) is 17.7 Å². The van der Waals surface area contributed by atoms with Crippen LogP contribution in [0, 0.1) is 0 Å². The number of aromatic hydroxyl groups is 1. The van der Waals surface area contributed by atoms with Crippen LogP contribution in [-0.2, 0) is 4.79 Å². The van der Waals surface area contributed by atoms with Crippen molar-refractivity contribution in [1.82, 2.24) is 4.98 Å². The number of amides is 1. The first-order chi connectivity index (χ1) is 10.0. The molecule has 0 unspecified atom stereocenters. The Balaban J connectivity index is 2.11. The first kappa shape index (κ1) is 13.3. The van der Waals surface area contributed by atoms with E-state index in [-0.39, 0.29) is 17.2 Å². The first-order valence-corrected chi connectivity index (χ1v) is 6.91. The molecule has 1 aromatic carbocycles. The van der Waals surface area contributed by atoms with Crippen LogP contribution in [0.15, 0.2) is 38.9 Å². The third-order valence-electron chi connectivity index (χ3n) is 2.78. The van der Waals surface area contributed by atoms with Crippen LogP contribution in [0.5, 0.6) is 5.75 Å². The molecule has 1 amide bonds. The summed E-state index contributed by atoms with van der Waals surface area (Å²) in [6.07, 6.45) is 0. The fourth-order valence-corrected chi connectivity index (χ4v) is 2.65. The van der Waals surface area contributed by atoms with Gasteiger partial charge >= 0.3 is 5.63 Å². The van der Waals surface area contributed by atoms with Gasteiger partial charge in [-0.15, -0.1) is 11.3 Å². The van der Waals surface area contributed by atoms with Crippen molar-refractivity contribution < 1.29 is 14.3 Å². The number of fused-ring (bicyclic) bond motifs is 1. The van der Waals surface area contributed by atoms with E-state index in [1.807, 2.05) is 0 Å². The number of carbonyl (C=O) groups excluding carboxylic acids is 1. The highest BCUT2D eigenvalue weighted by molar-refractivity contribution is 7.14. The predicted molar refractivity (Wildman–Crippen MR) is 79.6 cm³/mol. The van der Waals surface area contributed by atoms with E-state index in [1.165, 1.54) is 36.5 Å². The maximum Gasteiger partial charge on any atom is 0.345 e. The summed E-state index contributed by atoms with van der Waals surface area (Å²) in [7, 11) is 0. The number of phenols is 1. The Labute approximate surface area is 122 Å². The van der Waals surface area contributed by atoms with E-state index >= 15 is 0 Å². The van der Waals surface area contributed by atoms with Crippen molar-refractivity contribution in [3.8, 4) is 17.0 Å². The molecule has 3 aromatic rings. The summed E-state index contributed by atoms with van der Waals surface area (Å²) in [4.78, 5) is 27.2. The number of benzene rings is 1. The SMILES string of the molecule is CC(=O)Nc1nc(-c2cc3cc(O)ccc3oc2=O)cs1. The second-order valence-corrected chi connectivity index (χ2v) is 5.25. The zero-order valence-corrected chi connectivity index (χ0v) is 11.7. The fourth-order valence-electron chi connectivity index (χ4n) is 1.89.